The molecule has 11 heteroatoms. The topological polar surface area (TPSA) is 139 Å². The summed E-state index contributed by atoms with van der Waals surface area (Å²) in [5.41, 5.74) is 0.684. The lowest BCUT2D eigenvalue weighted by Gasteiger charge is -2.43. The summed E-state index contributed by atoms with van der Waals surface area (Å²) in [5.74, 6) is -2.98. The molecule has 4 rings (SSSR count). The van der Waals surface area contributed by atoms with Gasteiger partial charge in [-0.2, -0.15) is 0 Å². The standard InChI is InChI=1S/C20H20N2O8S/c1-20(2)16(19(27)28)22-17(26)15(18(22)31-20)21-12(23)6-4-9-3-5-10-11(7-9)30-14(25)8-13(24)29-10/h3,5,7,15-16,18H,4,6,8H2,1-2H3,(H,21,23)(H,27,28). The maximum atomic E-state index is 12.5. The van der Waals surface area contributed by atoms with E-state index >= 15 is 0 Å². The number of amides is 2. The van der Waals surface area contributed by atoms with Gasteiger partial charge in [-0.05, 0) is 38.0 Å². The van der Waals surface area contributed by atoms with Gasteiger partial charge < -0.3 is 24.8 Å². The molecule has 2 saturated heterocycles. The zero-order chi connectivity index (χ0) is 22.5. The molecular weight excluding hydrogens is 428 g/mol. The summed E-state index contributed by atoms with van der Waals surface area (Å²) in [6.45, 7) is 3.53. The van der Waals surface area contributed by atoms with Gasteiger partial charge in [0.1, 0.15) is 23.9 Å². The van der Waals surface area contributed by atoms with E-state index < -0.39 is 52.4 Å². The summed E-state index contributed by atoms with van der Waals surface area (Å²) in [4.78, 5) is 60.7. The van der Waals surface area contributed by atoms with Crippen LogP contribution in [0.4, 0.5) is 0 Å². The minimum Gasteiger partial charge on any atom is -0.480 e. The van der Waals surface area contributed by atoms with Gasteiger partial charge in [0.25, 0.3) is 0 Å². The van der Waals surface area contributed by atoms with Crippen molar-refractivity contribution < 1.29 is 38.6 Å². The highest BCUT2D eigenvalue weighted by molar-refractivity contribution is 8.01. The molecule has 0 saturated carbocycles. The summed E-state index contributed by atoms with van der Waals surface area (Å²) in [6.07, 6.45) is -0.104. The number of hydrogen-bond donors (Lipinski definition) is 2. The highest BCUT2D eigenvalue weighted by Crippen LogP contribution is 2.50. The van der Waals surface area contributed by atoms with Crippen molar-refractivity contribution in [1.82, 2.24) is 10.2 Å². The number of nitrogens with zero attached hydrogens (tertiary/aromatic N) is 1. The van der Waals surface area contributed by atoms with E-state index in [2.05, 4.69) is 5.32 Å². The number of carbonyl (C=O) groups excluding carboxylic acids is 4. The average molecular weight is 448 g/mol. The number of thioether (sulfide) groups is 1. The number of rotatable bonds is 5. The summed E-state index contributed by atoms with van der Waals surface area (Å²) < 4.78 is 9.46. The van der Waals surface area contributed by atoms with Gasteiger partial charge in [0.05, 0.1) is 0 Å². The normalized spacial score (nSPS) is 26.1. The van der Waals surface area contributed by atoms with E-state index in [1.54, 1.807) is 19.9 Å². The Kier molecular flexibility index (Phi) is 5.16. The van der Waals surface area contributed by atoms with Crippen LogP contribution in [0.5, 0.6) is 11.5 Å². The Labute approximate surface area is 181 Å². The van der Waals surface area contributed by atoms with Gasteiger partial charge in [-0.25, -0.2) is 4.79 Å². The van der Waals surface area contributed by atoms with Gasteiger partial charge in [0.15, 0.2) is 11.5 Å². The molecule has 2 N–H and O–H groups in total. The lowest BCUT2D eigenvalue weighted by molar-refractivity contribution is -0.161. The highest BCUT2D eigenvalue weighted by Gasteiger charge is 2.64. The third kappa shape index (κ3) is 3.85. The second kappa shape index (κ2) is 7.56. The highest BCUT2D eigenvalue weighted by atomic mass is 32.2. The number of ether oxygens (including phenoxy) is 2. The molecule has 3 unspecified atom stereocenters. The molecule has 0 aromatic heterocycles. The molecule has 3 heterocycles. The number of nitrogens with one attached hydrogen (secondary N) is 1. The van der Waals surface area contributed by atoms with Crippen LogP contribution in [0, 0.1) is 0 Å². The number of benzene rings is 1. The van der Waals surface area contributed by atoms with E-state index in [-0.39, 0.29) is 23.8 Å². The second-order valence-electron chi connectivity index (χ2n) is 8.05. The predicted molar refractivity (Wildman–Crippen MR) is 106 cm³/mol. The number of β-lactam (4-membered cyclic amide) rings is 1. The first-order valence-electron chi connectivity index (χ1n) is 9.63. The molecule has 164 valence electrons. The molecule has 10 nitrogen and oxygen atoms in total. The van der Waals surface area contributed by atoms with Crippen LogP contribution >= 0.6 is 11.8 Å². The van der Waals surface area contributed by atoms with Gasteiger partial charge in [-0.15, -0.1) is 11.8 Å². The monoisotopic (exact) mass is 448 g/mol. The van der Waals surface area contributed by atoms with Crippen molar-refractivity contribution in [3.8, 4) is 11.5 Å². The Morgan fingerprint density at radius 2 is 1.87 bits per heavy atom. The molecule has 3 aliphatic rings. The number of aryl methyl sites for hydroxylation is 1. The molecule has 0 aliphatic carbocycles. The molecular formula is C20H20N2O8S. The summed E-state index contributed by atoms with van der Waals surface area (Å²) in [5, 5.41) is 11.7. The Hall–Kier alpha value is -3.08. The summed E-state index contributed by atoms with van der Waals surface area (Å²) >= 11 is 1.36. The third-order valence-corrected chi connectivity index (χ3v) is 6.95. The first-order chi connectivity index (χ1) is 14.6. The Morgan fingerprint density at radius 3 is 2.55 bits per heavy atom. The predicted octanol–water partition coefficient (Wildman–Crippen LogP) is 0.465. The number of carboxylic acids is 1. The van der Waals surface area contributed by atoms with Crippen LogP contribution in [0.15, 0.2) is 18.2 Å². The quantitative estimate of drug-likeness (QED) is 0.285. The fourth-order valence-electron chi connectivity index (χ4n) is 3.96. The molecule has 3 aliphatic heterocycles. The zero-order valence-electron chi connectivity index (χ0n) is 16.7. The minimum atomic E-state index is -1.06. The molecule has 2 fully saturated rings. The molecule has 2 amide bonds. The lowest BCUT2D eigenvalue weighted by atomic mass is 9.96. The van der Waals surface area contributed by atoms with Crippen LogP contribution in [0.3, 0.4) is 0 Å². The van der Waals surface area contributed by atoms with Crippen LogP contribution in [0.1, 0.15) is 32.3 Å². The molecule has 0 bridgehead atoms. The van der Waals surface area contributed by atoms with Crippen molar-refractivity contribution in [2.24, 2.45) is 0 Å². The molecule has 1 aromatic carbocycles. The van der Waals surface area contributed by atoms with E-state index in [0.29, 0.717) is 12.0 Å². The van der Waals surface area contributed by atoms with Crippen LogP contribution in [-0.2, 0) is 30.4 Å². The Balaban J connectivity index is 1.36. The van der Waals surface area contributed by atoms with Gasteiger partial charge >= 0.3 is 17.9 Å². The maximum Gasteiger partial charge on any atom is 0.327 e. The van der Waals surface area contributed by atoms with E-state index in [0.717, 1.165) is 0 Å². The van der Waals surface area contributed by atoms with Gasteiger partial charge in [0, 0.05) is 11.2 Å². The Morgan fingerprint density at radius 1 is 1.19 bits per heavy atom. The van der Waals surface area contributed by atoms with Gasteiger partial charge in [-0.3, -0.25) is 19.2 Å². The van der Waals surface area contributed by atoms with Gasteiger partial charge in [0.2, 0.25) is 11.8 Å². The molecule has 3 atom stereocenters. The summed E-state index contributed by atoms with van der Waals surface area (Å²) in [6, 6.07) is 2.99. The van der Waals surface area contributed by atoms with Crippen LogP contribution in [-0.4, -0.2) is 61.9 Å². The fraction of sp³-hybridized carbons (Fsp3) is 0.450. The number of aliphatic carboxylic acids is 1. The fourth-order valence-corrected chi connectivity index (χ4v) is 5.58. The zero-order valence-corrected chi connectivity index (χ0v) is 17.6. The van der Waals surface area contributed by atoms with E-state index in [4.69, 9.17) is 9.47 Å². The van der Waals surface area contributed by atoms with Crippen molar-refractivity contribution in [2.45, 2.75) is 55.3 Å². The molecule has 0 radical (unpaired) electrons. The Bertz CT molecular complexity index is 1010. The van der Waals surface area contributed by atoms with E-state index in [1.807, 2.05) is 0 Å². The number of carbonyl (C=O) groups is 5. The second-order valence-corrected chi connectivity index (χ2v) is 9.82. The molecule has 31 heavy (non-hydrogen) atoms. The molecule has 1 aromatic rings. The van der Waals surface area contributed by atoms with E-state index in [9.17, 15) is 29.1 Å². The third-order valence-electron chi connectivity index (χ3n) is 5.38. The number of hydrogen-bond acceptors (Lipinski definition) is 8. The van der Waals surface area contributed by atoms with Crippen molar-refractivity contribution in [3.05, 3.63) is 23.8 Å². The first kappa shape index (κ1) is 21.2. The minimum absolute atomic E-state index is 0.0689. The van der Waals surface area contributed by atoms with Crippen molar-refractivity contribution in [2.75, 3.05) is 0 Å². The van der Waals surface area contributed by atoms with Crippen LogP contribution < -0.4 is 14.8 Å². The van der Waals surface area contributed by atoms with Crippen LogP contribution in [0.2, 0.25) is 0 Å². The van der Waals surface area contributed by atoms with Crippen molar-refractivity contribution >= 4 is 41.5 Å². The van der Waals surface area contributed by atoms with E-state index in [1.165, 1.54) is 28.8 Å². The largest absolute Gasteiger partial charge is 0.480 e. The maximum absolute atomic E-state index is 12.5. The number of fused-ring (bicyclic) bond motifs is 2. The average Bonchev–Trinajstić information content (AvgIpc) is 2.83. The number of carboxylic acid groups (broad SMARTS) is 1. The van der Waals surface area contributed by atoms with Crippen LogP contribution in [0.25, 0.3) is 0 Å². The van der Waals surface area contributed by atoms with Crippen molar-refractivity contribution in [1.29, 1.82) is 0 Å². The SMILES string of the molecule is CC1(C)SC2C(NC(=O)CCc3ccc4c(c3)OC(=O)CC(=O)O4)C(=O)N2C1C(=O)O. The van der Waals surface area contributed by atoms with Crippen molar-refractivity contribution in [3.63, 3.8) is 0 Å². The number of esters is 2. The smallest absolute Gasteiger partial charge is 0.327 e. The summed E-state index contributed by atoms with van der Waals surface area (Å²) in [7, 11) is 0. The van der Waals surface area contributed by atoms with Gasteiger partial charge in [-0.1, -0.05) is 6.07 Å². The molecule has 0 spiro atoms. The lowest BCUT2D eigenvalue weighted by Crippen LogP contribution is -2.70. The first-order valence-corrected chi connectivity index (χ1v) is 10.5.